The molecule has 0 saturated heterocycles. The first kappa shape index (κ1) is 18.9. The van der Waals surface area contributed by atoms with Gasteiger partial charge in [0.05, 0.1) is 5.02 Å². The van der Waals surface area contributed by atoms with E-state index in [1.165, 1.54) is 30.4 Å². The van der Waals surface area contributed by atoms with E-state index >= 15 is 0 Å². The first-order valence-corrected chi connectivity index (χ1v) is 9.00. The number of nitrogens with one attached hydrogen (secondary N) is 1. The van der Waals surface area contributed by atoms with Gasteiger partial charge >= 0.3 is 5.97 Å². The van der Waals surface area contributed by atoms with Crippen molar-refractivity contribution in [3.05, 3.63) is 45.9 Å². The van der Waals surface area contributed by atoms with Crippen LogP contribution in [0.5, 0.6) is 0 Å². The molecular formula is C16H13ClFN5O3S. The lowest BCUT2D eigenvalue weighted by Crippen LogP contribution is -2.31. The summed E-state index contributed by atoms with van der Waals surface area (Å²) >= 11 is 7.15. The second-order valence-corrected chi connectivity index (χ2v) is 6.59. The van der Waals surface area contributed by atoms with E-state index in [2.05, 4.69) is 20.7 Å². The Labute approximate surface area is 161 Å². The van der Waals surface area contributed by atoms with Crippen LogP contribution < -0.4 is 5.32 Å². The maximum atomic E-state index is 13.1. The number of rotatable bonds is 6. The Kier molecular flexibility index (Phi) is 5.77. The van der Waals surface area contributed by atoms with Crippen LogP contribution in [-0.4, -0.2) is 38.2 Å². The second-order valence-electron chi connectivity index (χ2n) is 5.41. The van der Waals surface area contributed by atoms with Crippen molar-refractivity contribution in [1.82, 2.24) is 20.2 Å². The third kappa shape index (κ3) is 4.86. The summed E-state index contributed by atoms with van der Waals surface area (Å²) in [4.78, 5) is 25.1. The summed E-state index contributed by atoms with van der Waals surface area (Å²) in [5, 5.41) is 17.8. The third-order valence-electron chi connectivity index (χ3n) is 3.37. The molecule has 0 unspecified atom stereocenters. The summed E-state index contributed by atoms with van der Waals surface area (Å²) in [6, 6.07) is 5.56. The van der Waals surface area contributed by atoms with Crippen molar-refractivity contribution in [3.8, 4) is 11.4 Å². The molecule has 2 aromatic heterocycles. The summed E-state index contributed by atoms with van der Waals surface area (Å²) in [6.07, 6.45) is -1.08. The highest BCUT2D eigenvalue weighted by Crippen LogP contribution is 2.19. The molecule has 11 heteroatoms. The molecule has 0 fully saturated rings. The van der Waals surface area contributed by atoms with Crippen molar-refractivity contribution in [2.75, 3.05) is 5.32 Å². The van der Waals surface area contributed by atoms with Crippen molar-refractivity contribution in [3.63, 3.8) is 0 Å². The number of ether oxygens (including phenoxy) is 1. The molecule has 140 valence electrons. The van der Waals surface area contributed by atoms with Crippen LogP contribution in [0.4, 0.5) is 10.1 Å². The largest absolute Gasteiger partial charge is 0.451 e. The molecule has 0 aliphatic rings. The normalized spacial score (nSPS) is 11.8. The number of aromatic nitrogens is 4. The number of amides is 1. The number of nitrogens with zero attached hydrogens (tertiary/aromatic N) is 4. The minimum atomic E-state index is -1.08. The van der Waals surface area contributed by atoms with E-state index in [9.17, 15) is 14.0 Å². The molecule has 0 radical (unpaired) electrons. The number of thiophene rings is 1. The molecular weight excluding hydrogens is 397 g/mol. The van der Waals surface area contributed by atoms with Crippen LogP contribution >= 0.6 is 22.9 Å². The van der Waals surface area contributed by atoms with Crippen LogP contribution in [0.2, 0.25) is 5.02 Å². The summed E-state index contributed by atoms with van der Waals surface area (Å²) in [6.45, 7) is 1.11. The van der Waals surface area contributed by atoms with E-state index in [-0.39, 0.29) is 17.3 Å². The van der Waals surface area contributed by atoms with Crippen LogP contribution in [0.25, 0.3) is 11.4 Å². The van der Waals surface area contributed by atoms with Gasteiger partial charge in [0.1, 0.15) is 5.82 Å². The van der Waals surface area contributed by atoms with Crippen LogP contribution in [0.15, 0.2) is 35.0 Å². The number of hydrogen-bond acceptors (Lipinski definition) is 7. The van der Waals surface area contributed by atoms with Gasteiger partial charge in [-0.3, -0.25) is 4.79 Å². The minimum Gasteiger partial charge on any atom is -0.451 e. The third-order valence-corrected chi connectivity index (χ3v) is 4.34. The number of anilines is 1. The molecule has 8 nitrogen and oxygen atoms in total. The SMILES string of the molecule is C[C@H](OC(=O)Cn1nnc(-c2ccsc2)n1)C(=O)Nc1ccc(F)c(Cl)c1. The smallest absolute Gasteiger partial charge is 0.330 e. The molecule has 3 rings (SSSR count). The van der Waals surface area contributed by atoms with Crippen molar-refractivity contribution in [1.29, 1.82) is 0 Å². The van der Waals surface area contributed by atoms with Gasteiger partial charge in [0.25, 0.3) is 5.91 Å². The van der Waals surface area contributed by atoms with E-state index in [0.29, 0.717) is 5.82 Å². The topological polar surface area (TPSA) is 99.0 Å². The number of benzene rings is 1. The fraction of sp³-hybridized carbons (Fsp3) is 0.188. The van der Waals surface area contributed by atoms with E-state index in [1.807, 2.05) is 16.8 Å². The Balaban J connectivity index is 1.53. The highest BCUT2D eigenvalue weighted by atomic mass is 35.5. The number of hydrogen-bond donors (Lipinski definition) is 1. The maximum Gasteiger partial charge on any atom is 0.330 e. The molecule has 1 atom stereocenters. The molecule has 3 aromatic rings. The number of halogens is 2. The standard InChI is InChI=1S/C16H13ClFN5O3S/c1-9(16(25)19-11-2-3-13(18)12(17)6-11)26-14(24)7-23-21-15(20-22-23)10-4-5-27-8-10/h2-6,8-9H,7H2,1H3,(H,19,25)/t9-/m0/s1. The molecule has 2 heterocycles. The van der Waals surface area contributed by atoms with E-state index in [0.717, 1.165) is 16.4 Å². The molecule has 1 N–H and O–H groups in total. The fourth-order valence-corrected chi connectivity index (χ4v) is 2.85. The summed E-state index contributed by atoms with van der Waals surface area (Å²) < 4.78 is 18.2. The molecule has 0 bridgehead atoms. The lowest BCUT2D eigenvalue weighted by atomic mass is 10.3. The maximum absolute atomic E-state index is 13.1. The van der Waals surface area contributed by atoms with Crippen molar-refractivity contribution in [2.45, 2.75) is 19.6 Å². The predicted octanol–water partition coefficient (Wildman–Crippen LogP) is 2.76. The van der Waals surface area contributed by atoms with Crippen LogP contribution in [0.1, 0.15) is 6.92 Å². The lowest BCUT2D eigenvalue weighted by molar-refractivity contribution is -0.154. The summed E-state index contributed by atoms with van der Waals surface area (Å²) in [7, 11) is 0. The quantitative estimate of drug-likeness (QED) is 0.628. The van der Waals surface area contributed by atoms with Gasteiger partial charge in [-0.15, -0.1) is 10.2 Å². The Hall–Kier alpha value is -2.85. The van der Waals surface area contributed by atoms with Crippen LogP contribution in [-0.2, 0) is 20.9 Å². The van der Waals surface area contributed by atoms with Gasteiger partial charge in [-0.2, -0.15) is 16.1 Å². The van der Waals surface area contributed by atoms with Gasteiger partial charge in [0.15, 0.2) is 12.6 Å². The number of esters is 1. The Morgan fingerprint density at radius 1 is 1.41 bits per heavy atom. The van der Waals surface area contributed by atoms with E-state index in [4.69, 9.17) is 16.3 Å². The molecule has 0 aliphatic carbocycles. The average molecular weight is 410 g/mol. The first-order valence-electron chi connectivity index (χ1n) is 7.68. The zero-order valence-electron chi connectivity index (χ0n) is 13.9. The summed E-state index contributed by atoms with van der Waals surface area (Å²) in [5.74, 6) is -1.50. The molecule has 1 aromatic carbocycles. The zero-order chi connectivity index (χ0) is 19.4. The zero-order valence-corrected chi connectivity index (χ0v) is 15.5. The number of tetrazole rings is 1. The molecule has 27 heavy (non-hydrogen) atoms. The van der Waals surface area contributed by atoms with E-state index < -0.39 is 23.8 Å². The highest BCUT2D eigenvalue weighted by molar-refractivity contribution is 7.08. The monoisotopic (exact) mass is 409 g/mol. The Bertz CT molecular complexity index is 963. The molecule has 0 saturated carbocycles. The lowest BCUT2D eigenvalue weighted by Gasteiger charge is -2.13. The van der Waals surface area contributed by atoms with Crippen molar-refractivity contribution < 1.29 is 18.7 Å². The molecule has 0 aliphatic heterocycles. The Morgan fingerprint density at radius 2 is 2.22 bits per heavy atom. The molecule has 1 amide bonds. The van der Waals surface area contributed by atoms with Crippen molar-refractivity contribution in [2.24, 2.45) is 0 Å². The van der Waals surface area contributed by atoms with Gasteiger partial charge in [0, 0.05) is 16.6 Å². The predicted molar refractivity (Wildman–Crippen MR) is 96.7 cm³/mol. The van der Waals surface area contributed by atoms with Gasteiger partial charge in [0.2, 0.25) is 5.82 Å². The van der Waals surface area contributed by atoms with Gasteiger partial charge in [-0.25, -0.2) is 9.18 Å². The van der Waals surface area contributed by atoms with Gasteiger partial charge in [-0.1, -0.05) is 11.6 Å². The molecule has 0 spiro atoms. The van der Waals surface area contributed by atoms with E-state index in [1.54, 1.807) is 0 Å². The highest BCUT2D eigenvalue weighted by Gasteiger charge is 2.19. The fourth-order valence-electron chi connectivity index (χ4n) is 2.04. The number of carbonyl (C=O) groups excluding carboxylic acids is 2. The van der Waals surface area contributed by atoms with Crippen molar-refractivity contribution >= 4 is 40.5 Å². The van der Waals surface area contributed by atoms with Crippen LogP contribution in [0, 0.1) is 5.82 Å². The minimum absolute atomic E-state index is 0.129. The average Bonchev–Trinajstić information content (AvgIpc) is 3.29. The second kappa shape index (κ2) is 8.23. The van der Waals surface area contributed by atoms with Gasteiger partial charge in [-0.05, 0) is 41.8 Å². The number of carbonyl (C=O) groups is 2. The first-order chi connectivity index (χ1) is 12.9. The van der Waals surface area contributed by atoms with Crippen LogP contribution in [0.3, 0.4) is 0 Å². The van der Waals surface area contributed by atoms with Gasteiger partial charge < -0.3 is 10.1 Å². The Morgan fingerprint density at radius 3 is 2.93 bits per heavy atom. The summed E-state index contributed by atoms with van der Waals surface area (Å²) in [5.41, 5.74) is 1.08.